The molecule has 7 rings (SSSR count). The van der Waals surface area contributed by atoms with Gasteiger partial charge in [0, 0.05) is 28.6 Å². The Morgan fingerprint density at radius 3 is 2.37 bits per heavy atom. The number of hydrogen-bond acceptors (Lipinski definition) is 12. The lowest BCUT2D eigenvalue weighted by atomic mass is 9.85. The van der Waals surface area contributed by atoms with E-state index >= 15 is 0 Å². The van der Waals surface area contributed by atoms with Gasteiger partial charge in [-0.1, -0.05) is 43.3 Å². The number of fused-ring (bicyclic) bond motifs is 5. The number of aromatic nitrogens is 2. The van der Waals surface area contributed by atoms with Crippen LogP contribution in [0.25, 0.3) is 22.3 Å². The van der Waals surface area contributed by atoms with Crippen molar-refractivity contribution in [3.05, 3.63) is 118 Å². The van der Waals surface area contributed by atoms with Crippen molar-refractivity contribution in [1.82, 2.24) is 14.9 Å². The fourth-order valence-corrected chi connectivity index (χ4v) is 8.23. The van der Waals surface area contributed by atoms with Crippen LogP contribution in [0.15, 0.2) is 99.6 Å². The average molecular weight is 922 g/mol. The number of esters is 2. The lowest BCUT2D eigenvalue weighted by Gasteiger charge is -2.35. The number of guanidine groups is 1. The molecule has 0 fully saturated rings. The minimum atomic E-state index is -5.08. The Kier molecular flexibility index (Phi) is 13.3. The van der Waals surface area contributed by atoms with Gasteiger partial charge in [-0.15, -0.1) is 0 Å². The fourth-order valence-electron chi connectivity index (χ4n) is 7.14. The summed E-state index contributed by atoms with van der Waals surface area (Å²) in [7, 11) is -4.16. The quantitative estimate of drug-likeness (QED) is 0.0540. The molecule has 0 saturated carbocycles. The summed E-state index contributed by atoms with van der Waals surface area (Å²) in [6.07, 6.45) is -6.73. The van der Waals surface area contributed by atoms with Gasteiger partial charge in [-0.2, -0.15) is 13.2 Å². The van der Waals surface area contributed by atoms with Gasteiger partial charge in [-0.25, -0.2) is 28.0 Å². The molecule has 0 radical (unpaired) electrons. The standard InChI is InChI=1S/C40H37N7O10S.C2HF3O2/c1-2-40(29-18-32-36-24(15-22-7-3-4-12-30(22)45-36)20-47(32)37(52)28(29)21-56-38(40)53)57-35(51)14-13-33(48)44-31(19-34(49)50)23-8-5-10-26(16-23)46-58(54,55)27-11-6-9-25(17-27)43-39(41)42;3-2(4,5)1(6)7/h3-12,15-18,31,46H,2,13-14,19-21H2,1H3,(H,44,48)(H,49,50)(H4,41,42,43);(H,6,7)/t31?,40-;/m0./s1. The fraction of sp³-hybridized carbons (Fsp3) is 0.238. The number of aliphatic carboxylic acids is 2. The molecule has 0 saturated heterocycles. The van der Waals surface area contributed by atoms with Gasteiger partial charge in [0.25, 0.3) is 15.6 Å². The van der Waals surface area contributed by atoms with Crippen molar-refractivity contribution < 1.29 is 65.2 Å². The predicted molar refractivity (Wildman–Crippen MR) is 224 cm³/mol. The van der Waals surface area contributed by atoms with Crippen LogP contribution in [0.1, 0.15) is 60.9 Å². The van der Waals surface area contributed by atoms with E-state index in [1.807, 2.05) is 30.3 Å². The van der Waals surface area contributed by atoms with Crippen LogP contribution < -0.4 is 27.1 Å². The molecule has 3 aromatic carbocycles. The molecular weight excluding hydrogens is 884 g/mol. The number of halogens is 3. The number of sulfonamides is 1. The van der Waals surface area contributed by atoms with E-state index in [-0.39, 0.29) is 58.5 Å². The Morgan fingerprint density at radius 1 is 0.985 bits per heavy atom. The van der Waals surface area contributed by atoms with E-state index in [4.69, 9.17) is 35.8 Å². The number of nitrogens with one attached hydrogen (secondary N) is 2. The molecule has 0 bridgehead atoms. The highest BCUT2D eigenvalue weighted by atomic mass is 32.2. The summed E-state index contributed by atoms with van der Waals surface area (Å²) in [4.78, 5) is 83.2. The molecule has 1 unspecified atom stereocenters. The molecule has 2 aliphatic heterocycles. The maximum absolute atomic E-state index is 13.8. The number of aliphatic imine (C=N–C) groups is 1. The second-order valence-corrected chi connectivity index (χ2v) is 16.2. The van der Waals surface area contributed by atoms with Gasteiger partial charge in [0.05, 0.1) is 58.5 Å². The van der Waals surface area contributed by atoms with Crippen molar-refractivity contribution in [2.75, 3.05) is 4.72 Å². The minimum Gasteiger partial charge on any atom is -0.481 e. The van der Waals surface area contributed by atoms with Crippen LogP contribution in [-0.4, -0.2) is 70.1 Å². The van der Waals surface area contributed by atoms with Gasteiger partial charge in [-0.05, 0) is 60.5 Å². The number of nitrogens with two attached hydrogens (primary N) is 2. The number of benzene rings is 3. The number of amides is 1. The summed E-state index contributed by atoms with van der Waals surface area (Å²) in [5.41, 5.74) is 11.9. The lowest BCUT2D eigenvalue weighted by molar-refractivity contribution is -0.192. The van der Waals surface area contributed by atoms with Gasteiger partial charge in [0.2, 0.25) is 11.5 Å². The SMILES string of the molecule is CC[C@@]1(OC(=O)CCC(=O)NC(CC(=O)O)c2cccc(NS(=O)(=O)c3cccc(N=C(N)N)c3)c2)C(=O)OCc2c1cc1n(c2=O)Cc2cc3ccccc3nc2-1.O=C(O)C(F)(F)F. The number of cyclic esters (lactones) is 1. The number of hydrogen-bond donors (Lipinski definition) is 6. The van der Waals surface area contributed by atoms with Crippen molar-refractivity contribution in [3.8, 4) is 11.4 Å². The summed E-state index contributed by atoms with van der Waals surface area (Å²) in [5, 5.41) is 20.3. The van der Waals surface area contributed by atoms with E-state index in [0.29, 0.717) is 11.4 Å². The van der Waals surface area contributed by atoms with Crippen LogP contribution in [0.5, 0.6) is 0 Å². The Hall–Kier alpha value is -7.82. The van der Waals surface area contributed by atoms with Crippen molar-refractivity contribution in [2.45, 2.75) is 68.5 Å². The Morgan fingerprint density at radius 2 is 1.69 bits per heavy atom. The smallest absolute Gasteiger partial charge is 0.481 e. The molecule has 5 aromatic rings. The molecule has 8 N–H and O–H groups in total. The molecular formula is C42H38F3N7O12S. The van der Waals surface area contributed by atoms with E-state index in [0.717, 1.165) is 16.5 Å². The van der Waals surface area contributed by atoms with Crippen LogP contribution in [-0.2, 0) is 62.2 Å². The zero-order valence-electron chi connectivity index (χ0n) is 33.9. The molecule has 19 nitrogen and oxygen atoms in total. The van der Waals surface area contributed by atoms with Crippen LogP contribution in [0.2, 0.25) is 0 Å². The summed E-state index contributed by atoms with van der Waals surface area (Å²) in [5.74, 6) is -6.82. The zero-order valence-corrected chi connectivity index (χ0v) is 34.7. The molecule has 2 aliphatic rings. The van der Waals surface area contributed by atoms with E-state index < -0.39 is 82.4 Å². The number of alkyl halides is 3. The van der Waals surface area contributed by atoms with Crippen LogP contribution in [0.3, 0.4) is 0 Å². The average Bonchev–Trinajstić information content (AvgIpc) is 3.60. The summed E-state index contributed by atoms with van der Waals surface area (Å²) >= 11 is 0. The second kappa shape index (κ2) is 18.5. The summed E-state index contributed by atoms with van der Waals surface area (Å²) in [6, 6.07) is 21.3. The van der Waals surface area contributed by atoms with Gasteiger partial charge >= 0.3 is 30.1 Å². The first kappa shape index (κ1) is 46.7. The normalized spacial score (nSPS) is 15.4. The molecule has 340 valence electrons. The Balaban J connectivity index is 0.000000925. The van der Waals surface area contributed by atoms with Crippen molar-refractivity contribution in [3.63, 3.8) is 0 Å². The molecule has 1 amide bonds. The van der Waals surface area contributed by atoms with Crippen molar-refractivity contribution in [2.24, 2.45) is 16.5 Å². The number of carbonyl (C=O) groups is 5. The summed E-state index contributed by atoms with van der Waals surface area (Å²) in [6.45, 7) is 1.55. The molecule has 0 aliphatic carbocycles. The first-order chi connectivity index (χ1) is 30.6. The first-order valence-corrected chi connectivity index (χ1v) is 20.8. The van der Waals surface area contributed by atoms with Crippen molar-refractivity contribution >= 4 is 68.0 Å². The minimum absolute atomic E-state index is 0.0698. The van der Waals surface area contributed by atoms with Crippen LogP contribution >= 0.6 is 0 Å². The summed E-state index contributed by atoms with van der Waals surface area (Å²) < 4.78 is 73.3. The maximum atomic E-state index is 13.8. The number of carbonyl (C=O) groups excluding carboxylic acids is 3. The van der Waals surface area contributed by atoms with Crippen molar-refractivity contribution in [1.29, 1.82) is 0 Å². The number of nitrogens with zero attached hydrogens (tertiary/aromatic N) is 3. The monoisotopic (exact) mass is 921 g/mol. The molecule has 4 heterocycles. The number of rotatable bonds is 13. The third-order valence-electron chi connectivity index (χ3n) is 10.1. The Labute approximate surface area is 365 Å². The number of ether oxygens (including phenoxy) is 2. The second-order valence-electron chi connectivity index (χ2n) is 14.5. The highest BCUT2D eigenvalue weighted by Crippen LogP contribution is 2.41. The largest absolute Gasteiger partial charge is 0.490 e. The molecule has 2 aromatic heterocycles. The van der Waals surface area contributed by atoms with E-state index in [1.165, 1.54) is 48.5 Å². The van der Waals surface area contributed by atoms with Crippen LogP contribution in [0.4, 0.5) is 24.5 Å². The van der Waals surface area contributed by atoms with Crippen LogP contribution in [0, 0.1) is 0 Å². The van der Waals surface area contributed by atoms with Gasteiger partial charge in [-0.3, -0.25) is 23.9 Å². The first-order valence-electron chi connectivity index (χ1n) is 19.3. The van der Waals surface area contributed by atoms with Gasteiger partial charge in [0.1, 0.15) is 6.61 Å². The molecule has 65 heavy (non-hydrogen) atoms. The number of anilines is 1. The lowest BCUT2D eigenvalue weighted by Crippen LogP contribution is -2.47. The number of carboxylic acid groups (broad SMARTS) is 2. The van der Waals surface area contributed by atoms with Gasteiger partial charge < -0.3 is 41.0 Å². The topological polar surface area (TPSA) is 302 Å². The zero-order chi connectivity index (χ0) is 47.4. The number of para-hydroxylation sites is 1. The third kappa shape index (κ3) is 10.4. The van der Waals surface area contributed by atoms with E-state index in [1.54, 1.807) is 17.6 Å². The molecule has 0 spiro atoms. The molecule has 23 heteroatoms. The highest BCUT2D eigenvalue weighted by Gasteiger charge is 2.50. The number of pyridine rings is 2. The van der Waals surface area contributed by atoms with Gasteiger partial charge in [0.15, 0.2) is 5.96 Å². The third-order valence-corrected chi connectivity index (χ3v) is 11.5. The number of carboxylic acids is 2. The maximum Gasteiger partial charge on any atom is 0.490 e. The van der Waals surface area contributed by atoms with E-state index in [9.17, 15) is 50.7 Å². The Bertz CT molecular complexity index is 2960. The van der Waals surface area contributed by atoms with E-state index in [2.05, 4.69) is 15.0 Å². The molecule has 2 atom stereocenters. The predicted octanol–water partition coefficient (Wildman–Crippen LogP) is 4.08. The highest BCUT2D eigenvalue weighted by molar-refractivity contribution is 7.92.